The number of hydrogen-bond acceptors (Lipinski definition) is 3. The van der Waals surface area contributed by atoms with Crippen LogP contribution in [0, 0.1) is 0 Å². The smallest absolute Gasteiger partial charge is 0.323 e. The number of carbonyl (C=O) groups is 2. The average Bonchev–Trinajstić information content (AvgIpc) is 2.72. The molecule has 1 aliphatic heterocycles. The summed E-state index contributed by atoms with van der Waals surface area (Å²) in [6.07, 6.45) is 4.27. The van der Waals surface area contributed by atoms with Crippen molar-refractivity contribution in [1.82, 2.24) is 15.2 Å². The lowest BCUT2D eigenvalue weighted by Crippen LogP contribution is -2.52. The van der Waals surface area contributed by atoms with E-state index in [9.17, 15) is 9.59 Å². The van der Waals surface area contributed by atoms with Crippen LogP contribution in [-0.4, -0.2) is 27.4 Å². The minimum absolute atomic E-state index is 0.0787. The molecule has 1 spiro atoms. The Kier molecular flexibility index (Phi) is 2.51. The molecule has 106 valence electrons. The van der Waals surface area contributed by atoms with E-state index in [4.69, 9.17) is 0 Å². The van der Waals surface area contributed by atoms with Gasteiger partial charge in [0.2, 0.25) is 0 Å². The van der Waals surface area contributed by atoms with Gasteiger partial charge in [0.15, 0.2) is 0 Å². The van der Waals surface area contributed by atoms with Crippen LogP contribution in [0.4, 0.5) is 4.79 Å². The predicted molar refractivity (Wildman–Crippen MR) is 77.4 cm³/mol. The molecule has 5 nitrogen and oxygen atoms in total. The van der Waals surface area contributed by atoms with E-state index < -0.39 is 5.54 Å². The maximum Gasteiger partial charge on any atom is 0.325 e. The SMILES string of the molecule is O=C1NC2(CCC2)C(=O)N1Cc1ccc2ncccc2c1. The lowest BCUT2D eigenvalue weighted by atomic mass is 9.77. The summed E-state index contributed by atoms with van der Waals surface area (Å²) in [4.78, 5) is 30.1. The van der Waals surface area contributed by atoms with E-state index in [2.05, 4.69) is 10.3 Å². The quantitative estimate of drug-likeness (QED) is 0.858. The number of urea groups is 1. The van der Waals surface area contributed by atoms with Crippen molar-refractivity contribution in [2.24, 2.45) is 0 Å². The van der Waals surface area contributed by atoms with Crippen LogP contribution in [0.15, 0.2) is 36.5 Å². The molecule has 1 aliphatic carbocycles. The lowest BCUT2D eigenvalue weighted by Gasteiger charge is -2.34. The average molecular weight is 281 g/mol. The number of hydrogen-bond donors (Lipinski definition) is 1. The predicted octanol–water partition coefficient (Wildman–Crippen LogP) is 2.21. The van der Waals surface area contributed by atoms with Gasteiger partial charge in [0, 0.05) is 11.6 Å². The summed E-state index contributed by atoms with van der Waals surface area (Å²) < 4.78 is 0. The molecule has 0 bridgehead atoms. The van der Waals surface area contributed by atoms with Gasteiger partial charge in [-0.05, 0) is 43.0 Å². The highest BCUT2D eigenvalue weighted by atomic mass is 16.2. The molecule has 5 heteroatoms. The van der Waals surface area contributed by atoms with Crippen LogP contribution in [0.3, 0.4) is 0 Å². The molecule has 1 aromatic heterocycles. The van der Waals surface area contributed by atoms with Crippen LogP contribution in [0.5, 0.6) is 0 Å². The number of pyridine rings is 1. The minimum Gasteiger partial charge on any atom is -0.323 e. The Morgan fingerprint density at radius 3 is 2.81 bits per heavy atom. The fourth-order valence-electron chi connectivity index (χ4n) is 3.10. The number of imide groups is 1. The Balaban J connectivity index is 1.62. The largest absolute Gasteiger partial charge is 0.325 e. The Hall–Kier alpha value is -2.43. The number of nitrogens with one attached hydrogen (secondary N) is 1. The van der Waals surface area contributed by atoms with E-state index >= 15 is 0 Å². The highest BCUT2D eigenvalue weighted by Crippen LogP contribution is 2.37. The van der Waals surface area contributed by atoms with Gasteiger partial charge in [-0.15, -0.1) is 0 Å². The number of rotatable bonds is 2. The number of aromatic nitrogens is 1. The van der Waals surface area contributed by atoms with E-state index in [0.29, 0.717) is 6.54 Å². The third-order valence-electron chi connectivity index (χ3n) is 4.46. The molecular formula is C16H15N3O2. The number of amides is 3. The normalized spacial score (nSPS) is 19.9. The monoisotopic (exact) mass is 281 g/mol. The van der Waals surface area contributed by atoms with Gasteiger partial charge in [-0.3, -0.25) is 14.7 Å². The standard InChI is InChI=1S/C16H15N3O2/c20-14-16(6-2-7-16)18-15(21)19(14)10-11-4-5-13-12(9-11)3-1-8-17-13/h1,3-5,8-9H,2,6-7,10H2,(H,18,21). The second-order valence-corrected chi connectivity index (χ2v) is 5.79. The molecule has 1 aromatic carbocycles. The number of fused-ring (bicyclic) bond motifs is 1. The van der Waals surface area contributed by atoms with Crippen molar-refractivity contribution in [3.63, 3.8) is 0 Å². The molecule has 0 unspecified atom stereocenters. The fraction of sp³-hybridized carbons (Fsp3) is 0.312. The Morgan fingerprint density at radius 1 is 1.24 bits per heavy atom. The van der Waals surface area contributed by atoms with Crippen molar-refractivity contribution in [2.75, 3.05) is 0 Å². The maximum atomic E-state index is 12.4. The Bertz CT molecular complexity index is 752. The van der Waals surface area contributed by atoms with Crippen molar-refractivity contribution in [3.05, 3.63) is 42.1 Å². The first-order chi connectivity index (χ1) is 10.2. The van der Waals surface area contributed by atoms with Gasteiger partial charge in [0.25, 0.3) is 5.91 Å². The zero-order chi connectivity index (χ0) is 14.4. The molecule has 3 amide bonds. The van der Waals surface area contributed by atoms with Crippen molar-refractivity contribution < 1.29 is 9.59 Å². The second kappa shape index (κ2) is 4.28. The number of benzene rings is 1. The summed E-state index contributed by atoms with van der Waals surface area (Å²) in [5.41, 5.74) is 1.25. The molecule has 1 saturated carbocycles. The van der Waals surface area contributed by atoms with Crippen LogP contribution in [-0.2, 0) is 11.3 Å². The fourth-order valence-corrected chi connectivity index (χ4v) is 3.10. The zero-order valence-electron chi connectivity index (χ0n) is 11.5. The van der Waals surface area contributed by atoms with Crippen molar-refractivity contribution >= 4 is 22.8 Å². The van der Waals surface area contributed by atoms with Crippen molar-refractivity contribution in [2.45, 2.75) is 31.3 Å². The summed E-state index contributed by atoms with van der Waals surface area (Å²) >= 11 is 0. The van der Waals surface area contributed by atoms with Crippen LogP contribution in [0.25, 0.3) is 10.9 Å². The number of nitrogens with zero attached hydrogens (tertiary/aromatic N) is 2. The van der Waals surface area contributed by atoms with Gasteiger partial charge in [0.05, 0.1) is 12.1 Å². The molecule has 2 aliphatic rings. The van der Waals surface area contributed by atoms with E-state index in [1.165, 1.54) is 4.90 Å². The third kappa shape index (κ3) is 1.81. The first-order valence-corrected chi connectivity index (χ1v) is 7.16. The van der Waals surface area contributed by atoms with Gasteiger partial charge in [-0.1, -0.05) is 12.1 Å². The lowest BCUT2D eigenvalue weighted by molar-refractivity contribution is -0.134. The zero-order valence-corrected chi connectivity index (χ0v) is 11.5. The summed E-state index contributed by atoms with van der Waals surface area (Å²) in [5, 5.41) is 3.86. The molecule has 2 heterocycles. The molecule has 21 heavy (non-hydrogen) atoms. The molecule has 1 N–H and O–H groups in total. The van der Waals surface area contributed by atoms with Gasteiger partial charge in [0.1, 0.15) is 5.54 Å². The van der Waals surface area contributed by atoms with Gasteiger partial charge in [-0.2, -0.15) is 0 Å². The van der Waals surface area contributed by atoms with Gasteiger partial charge < -0.3 is 5.32 Å². The Morgan fingerprint density at radius 2 is 2.10 bits per heavy atom. The molecule has 2 aromatic rings. The van der Waals surface area contributed by atoms with Crippen LogP contribution in [0.1, 0.15) is 24.8 Å². The summed E-state index contributed by atoms with van der Waals surface area (Å²) in [7, 11) is 0. The molecule has 0 radical (unpaired) electrons. The number of carbonyl (C=O) groups excluding carboxylic acids is 2. The van der Waals surface area contributed by atoms with Crippen LogP contribution >= 0.6 is 0 Å². The van der Waals surface area contributed by atoms with Gasteiger partial charge >= 0.3 is 6.03 Å². The first kappa shape index (κ1) is 12.3. The van der Waals surface area contributed by atoms with E-state index in [-0.39, 0.29) is 11.9 Å². The van der Waals surface area contributed by atoms with Crippen LogP contribution < -0.4 is 5.32 Å². The van der Waals surface area contributed by atoms with Gasteiger partial charge in [-0.25, -0.2) is 4.79 Å². The Labute approximate surface area is 122 Å². The summed E-state index contributed by atoms with van der Waals surface area (Å²) in [6, 6.07) is 9.40. The second-order valence-electron chi connectivity index (χ2n) is 5.79. The van der Waals surface area contributed by atoms with E-state index in [1.807, 2.05) is 30.3 Å². The molecular weight excluding hydrogens is 266 g/mol. The molecule has 4 rings (SSSR count). The maximum absolute atomic E-state index is 12.4. The minimum atomic E-state index is -0.602. The molecule has 0 atom stereocenters. The van der Waals surface area contributed by atoms with Crippen molar-refractivity contribution in [3.8, 4) is 0 Å². The van der Waals surface area contributed by atoms with E-state index in [0.717, 1.165) is 35.7 Å². The topological polar surface area (TPSA) is 62.3 Å². The van der Waals surface area contributed by atoms with Crippen molar-refractivity contribution in [1.29, 1.82) is 0 Å². The third-order valence-corrected chi connectivity index (χ3v) is 4.46. The molecule has 2 fully saturated rings. The summed E-state index contributed by atoms with van der Waals surface area (Å²) in [6.45, 7) is 0.317. The first-order valence-electron chi connectivity index (χ1n) is 7.16. The highest BCUT2D eigenvalue weighted by molar-refractivity contribution is 6.07. The summed E-state index contributed by atoms with van der Waals surface area (Å²) in [5.74, 6) is -0.0787. The highest BCUT2D eigenvalue weighted by Gasteiger charge is 2.54. The van der Waals surface area contributed by atoms with Crippen LogP contribution in [0.2, 0.25) is 0 Å². The van der Waals surface area contributed by atoms with E-state index in [1.54, 1.807) is 6.20 Å². The molecule has 1 saturated heterocycles.